The second kappa shape index (κ2) is 8.15. The van der Waals surface area contributed by atoms with Crippen LogP contribution in [-0.2, 0) is 0 Å². The molecule has 0 saturated carbocycles. The molecule has 134 valence electrons. The number of anilines is 3. The number of pyridine rings is 1. The Balaban J connectivity index is 1.70. The van der Waals surface area contributed by atoms with Crippen LogP contribution in [0.25, 0.3) is 0 Å². The summed E-state index contributed by atoms with van der Waals surface area (Å²) in [6.45, 7) is 4.31. The maximum atomic E-state index is 12.5. The quantitative estimate of drug-likeness (QED) is 0.669. The molecular weight excluding hydrogens is 336 g/mol. The van der Waals surface area contributed by atoms with Gasteiger partial charge in [-0.2, -0.15) is 5.26 Å². The molecule has 3 rings (SSSR count). The molecule has 1 aromatic heterocycles. The lowest BCUT2D eigenvalue weighted by Crippen LogP contribution is -2.12. The molecule has 0 unspecified atom stereocenters. The lowest BCUT2D eigenvalue weighted by molar-refractivity contribution is 0.102. The van der Waals surface area contributed by atoms with E-state index < -0.39 is 0 Å². The van der Waals surface area contributed by atoms with Gasteiger partial charge < -0.3 is 10.6 Å². The fraction of sp³-hybridized carbons (Fsp3) is 0.136. The minimum Gasteiger partial charge on any atom is -0.340 e. The first-order valence-corrected chi connectivity index (χ1v) is 8.70. The average molecular weight is 356 g/mol. The van der Waals surface area contributed by atoms with Gasteiger partial charge in [0, 0.05) is 23.1 Å². The summed E-state index contributed by atoms with van der Waals surface area (Å²) < 4.78 is 0. The molecule has 5 nitrogen and oxygen atoms in total. The van der Waals surface area contributed by atoms with Gasteiger partial charge in [-0.25, -0.2) is 4.98 Å². The van der Waals surface area contributed by atoms with Crippen LogP contribution in [0.2, 0.25) is 0 Å². The zero-order valence-corrected chi connectivity index (χ0v) is 15.2. The Hall–Kier alpha value is -3.65. The molecule has 0 bridgehead atoms. The highest BCUT2D eigenvalue weighted by Gasteiger charge is 2.08. The predicted octanol–water partition coefficient (Wildman–Crippen LogP) is 5.07. The number of rotatable bonds is 5. The molecule has 3 aromatic rings. The lowest BCUT2D eigenvalue weighted by Gasteiger charge is -2.10. The first-order valence-electron chi connectivity index (χ1n) is 8.70. The fourth-order valence-electron chi connectivity index (χ4n) is 2.57. The highest BCUT2D eigenvalue weighted by atomic mass is 16.1. The maximum Gasteiger partial charge on any atom is 0.255 e. The fourth-order valence-corrected chi connectivity index (χ4v) is 2.57. The topological polar surface area (TPSA) is 77.8 Å². The number of carbonyl (C=O) groups excluding carboxylic acids is 1. The molecular formula is C22H20N4O. The van der Waals surface area contributed by atoms with E-state index >= 15 is 0 Å². The van der Waals surface area contributed by atoms with E-state index in [0.29, 0.717) is 28.6 Å². The summed E-state index contributed by atoms with van der Waals surface area (Å²) in [7, 11) is 0. The zero-order chi connectivity index (χ0) is 19.2. The number of carbonyl (C=O) groups is 1. The minimum absolute atomic E-state index is 0.236. The zero-order valence-electron chi connectivity index (χ0n) is 15.2. The third-order valence-electron chi connectivity index (χ3n) is 4.14. The predicted molar refractivity (Wildman–Crippen MR) is 107 cm³/mol. The smallest absolute Gasteiger partial charge is 0.255 e. The van der Waals surface area contributed by atoms with Gasteiger partial charge in [-0.15, -0.1) is 0 Å². The van der Waals surface area contributed by atoms with Gasteiger partial charge in [0.15, 0.2) is 0 Å². The molecule has 0 atom stereocenters. The van der Waals surface area contributed by atoms with Crippen molar-refractivity contribution in [3.8, 4) is 6.07 Å². The van der Waals surface area contributed by atoms with E-state index in [0.717, 1.165) is 5.69 Å². The molecule has 27 heavy (non-hydrogen) atoms. The molecule has 0 saturated heterocycles. The Morgan fingerprint density at radius 3 is 2.30 bits per heavy atom. The van der Waals surface area contributed by atoms with Crippen LogP contribution in [0.1, 0.15) is 41.3 Å². The third-order valence-corrected chi connectivity index (χ3v) is 4.14. The number of nitrogens with one attached hydrogen (secondary N) is 2. The maximum absolute atomic E-state index is 12.5. The summed E-state index contributed by atoms with van der Waals surface area (Å²) in [6.07, 6.45) is 1.60. The first-order chi connectivity index (χ1) is 13.0. The Kier molecular flexibility index (Phi) is 5.48. The van der Waals surface area contributed by atoms with Crippen LogP contribution in [0, 0.1) is 11.3 Å². The van der Waals surface area contributed by atoms with Crippen molar-refractivity contribution in [2.45, 2.75) is 19.8 Å². The van der Waals surface area contributed by atoms with Crippen LogP contribution in [-0.4, -0.2) is 10.9 Å². The lowest BCUT2D eigenvalue weighted by atomic mass is 10.0. The summed E-state index contributed by atoms with van der Waals surface area (Å²) in [5.41, 5.74) is 3.86. The minimum atomic E-state index is -0.236. The standard InChI is InChI=1S/C22H20N4O/c1-15(2)17-5-9-19(10-6-17)25-21-13-18(11-12-24-21)22(27)26-20-7-3-16(14-23)4-8-20/h3-13,15H,1-2H3,(H,24,25)(H,26,27). The van der Waals surface area contributed by atoms with Crippen LogP contribution >= 0.6 is 0 Å². The molecule has 0 aliphatic carbocycles. The van der Waals surface area contributed by atoms with E-state index in [-0.39, 0.29) is 5.91 Å². The molecule has 0 spiro atoms. The first kappa shape index (κ1) is 18.2. The average Bonchev–Trinajstić information content (AvgIpc) is 2.69. The second-order valence-electron chi connectivity index (χ2n) is 6.47. The van der Waals surface area contributed by atoms with Crippen molar-refractivity contribution in [3.63, 3.8) is 0 Å². The van der Waals surface area contributed by atoms with E-state index in [1.54, 1.807) is 42.6 Å². The summed E-state index contributed by atoms with van der Waals surface area (Å²) in [6, 6.07) is 20.3. The molecule has 2 N–H and O–H groups in total. The van der Waals surface area contributed by atoms with Gasteiger partial charge in [0.05, 0.1) is 11.6 Å². The Bertz CT molecular complexity index is 970. The van der Waals surface area contributed by atoms with Gasteiger partial charge in [-0.1, -0.05) is 26.0 Å². The van der Waals surface area contributed by atoms with Gasteiger partial charge in [0.25, 0.3) is 5.91 Å². The number of benzene rings is 2. The summed E-state index contributed by atoms with van der Waals surface area (Å²) in [5.74, 6) is 0.839. The molecule has 0 aliphatic heterocycles. The number of hydrogen-bond donors (Lipinski definition) is 2. The number of hydrogen-bond acceptors (Lipinski definition) is 4. The van der Waals surface area contributed by atoms with E-state index in [4.69, 9.17) is 5.26 Å². The van der Waals surface area contributed by atoms with Crippen LogP contribution in [0.5, 0.6) is 0 Å². The summed E-state index contributed by atoms with van der Waals surface area (Å²) in [4.78, 5) is 16.7. The van der Waals surface area contributed by atoms with Crippen LogP contribution in [0.15, 0.2) is 66.9 Å². The molecule has 1 heterocycles. The van der Waals surface area contributed by atoms with Crippen molar-refractivity contribution in [1.29, 1.82) is 5.26 Å². The Labute approximate surface area is 158 Å². The van der Waals surface area contributed by atoms with E-state index in [2.05, 4.69) is 47.7 Å². The van der Waals surface area contributed by atoms with Crippen molar-refractivity contribution in [2.75, 3.05) is 10.6 Å². The number of nitriles is 1. The van der Waals surface area contributed by atoms with Gasteiger partial charge in [0.2, 0.25) is 0 Å². The van der Waals surface area contributed by atoms with Crippen molar-refractivity contribution in [3.05, 3.63) is 83.6 Å². The molecule has 0 aliphatic rings. The Morgan fingerprint density at radius 2 is 1.67 bits per heavy atom. The van der Waals surface area contributed by atoms with Crippen molar-refractivity contribution in [2.24, 2.45) is 0 Å². The highest BCUT2D eigenvalue weighted by molar-refractivity contribution is 6.04. The summed E-state index contributed by atoms with van der Waals surface area (Å²) in [5, 5.41) is 14.9. The SMILES string of the molecule is CC(C)c1ccc(Nc2cc(C(=O)Nc3ccc(C#N)cc3)ccn2)cc1. The van der Waals surface area contributed by atoms with Crippen LogP contribution in [0.4, 0.5) is 17.2 Å². The van der Waals surface area contributed by atoms with Crippen LogP contribution < -0.4 is 10.6 Å². The van der Waals surface area contributed by atoms with Gasteiger partial charge >= 0.3 is 0 Å². The second-order valence-corrected chi connectivity index (χ2v) is 6.47. The molecule has 5 heteroatoms. The van der Waals surface area contributed by atoms with Gasteiger partial charge in [-0.05, 0) is 60.0 Å². The normalized spacial score (nSPS) is 10.3. The third kappa shape index (κ3) is 4.71. The van der Waals surface area contributed by atoms with Gasteiger partial charge in [-0.3, -0.25) is 4.79 Å². The largest absolute Gasteiger partial charge is 0.340 e. The molecule has 0 fully saturated rings. The van der Waals surface area contributed by atoms with E-state index in [1.807, 2.05) is 12.1 Å². The van der Waals surface area contributed by atoms with Gasteiger partial charge in [0.1, 0.15) is 5.82 Å². The van der Waals surface area contributed by atoms with E-state index in [9.17, 15) is 4.79 Å². The van der Waals surface area contributed by atoms with Crippen molar-refractivity contribution >= 4 is 23.1 Å². The molecule has 1 amide bonds. The van der Waals surface area contributed by atoms with Crippen LogP contribution in [0.3, 0.4) is 0 Å². The van der Waals surface area contributed by atoms with Crippen molar-refractivity contribution < 1.29 is 4.79 Å². The monoisotopic (exact) mass is 356 g/mol. The summed E-state index contributed by atoms with van der Waals surface area (Å²) >= 11 is 0. The van der Waals surface area contributed by atoms with E-state index in [1.165, 1.54) is 5.56 Å². The van der Waals surface area contributed by atoms with Crippen molar-refractivity contribution in [1.82, 2.24) is 4.98 Å². The molecule has 2 aromatic carbocycles. The molecule has 0 radical (unpaired) electrons. The number of amides is 1. The number of aromatic nitrogens is 1. The highest BCUT2D eigenvalue weighted by Crippen LogP contribution is 2.20. The number of nitrogens with zero attached hydrogens (tertiary/aromatic N) is 2. The Morgan fingerprint density at radius 1 is 1.00 bits per heavy atom.